The number of fused-ring (bicyclic) bond motifs is 1. The van der Waals surface area contributed by atoms with Gasteiger partial charge in [0.25, 0.3) is 11.5 Å². The van der Waals surface area contributed by atoms with Gasteiger partial charge in [0.1, 0.15) is 5.75 Å². The summed E-state index contributed by atoms with van der Waals surface area (Å²) in [4.78, 5) is 29.2. The highest BCUT2D eigenvalue weighted by Gasteiger charge is 2.37. The topological polar surface area (TPSA) is 85.4 Å². The number of carbonyl (C=O) groups is 1. The van der Waals surface area contributed by atoms with Crippen LogP contribution < -0.4 is 16.0 Å². The summed E-state index contributed by atoms with van der Waals surface area (Å²) >= 11 is 0. The predicted molar refractivity (Wildman–Crippen MR) is 125 cm³/mol. The van der Waals surface area contributed by atoms with E-state index in [9.17, 15) is 14.7 Å². The average Bonchev–Trinajstić information content (AvgIpc) is 3.14. The molecule has 3 aromatic carbocycles. The van der Waals surface area contributed by atoms with E-state index in [4.69, 9.17) is 0 Å². The van der Waals surface area contributed by atoms with E-state index in [0.29, 0.717) is 22.2 Å². The van der Waals surface area contributed by atoms with E-state index in [1.807, 2.05) is 79.7 Å². The zero-order valence-corrected chi connectivity index (χ0v) is 17.4. The third-order valence-electron chi connectivity index (χ3n) is 5.73. The Labute approximate surface area is 184 Å². The Kier molecular flexibility index (Phi) is 4.84. The molecule has 0 unspecified atom stereocenters. The molecule has 1 fully saturated rings. The van der Waals surface area contributed by atoms with Crippen molar-refractivity contribution in [2.75, 3.05) is 5.01 Å². The lowest BCUT2D eigenvalue weighted by molar-refractivity contribution is -0.114. The number of nitrogens with one attached hydrogen (secondary N) is 2. The van der Waals surface area contributed by atoms with Crippen LogP contribution in [0.15, 0.2) is 89.2 Å². The van der Waals surface area contributed by atoms with Gasteiger partial charge in [-0.05, 0) is 42.3 Å². The standard InChI is InChI=1S/C26H21N3O3/c1-16-9-8-14-19-22(16)27-25(31)21(24(19)30)15-20-23(17-10-4-2-5-11-17)28-29(26(20)32)18-12-6-3-7-13-18/h2-15,23,28H,1H3,(H2,27,30,31)/t23-/m1/s1. The molecule has 158 valence electrons. The minimum absolute atomic E-state index is 0.0593. The molecule has 0 radical (unpaired) electrons. The summed E-state index contributed by atoms with van der Waals surface area (Å²) in [6, 6.07) is 23.7. The molecule has 6 nitrogen and oxygen atoms in total. The average molecular weight is 423 g/mol. The number of para-hydroxylation sites is 2. The molecule has 0 bridgehead atoms. The molecular formula is C26H21N3O3. The number of carbonyl (C=O) groups excluding carboxylic acids is 1. The predicted octanol–water partition coefficient (Wildman–Crippen LogP) is 4.22. The summed E-state index contributed by atoms with van der Waals surface area (Å²) < 4.78 is 0. The van der Waals surface area contributed by atoms with Crippen molar-refractivity contribution >= 4 is 28.6 Å². The number of rotatable bonds is 3. The van der Waals surface area contributed by atoms with Crippen LogP contribution in [0.25, 0.3) is 17.0 Å². The number of aromatic amines is 1. The maximum atomic E-state index is 13.4. The largest absolute Gasteiger partial charge is 0.506 e. The third-order valence-corrected chi connectivity index (χ3v) is 5.73. The van der Waals surface area contributed by atoms with Gasteiger partial charge in [0.15, 0.2) is 0 Å². The first-order valence-electron chi connectivity index (χ1n) is 10.3. The van der Waals surface area contributed by atoms with E-state index in [1.54, 1.807) is 6.07 Å². The maximum absolute atomic E-state index is 13.4. The van der Waals surface area contributed by atoms with Crippen molar-refractivity contribution in [3.63, 3.8) is 0 Å². The van der Waals surface area contributed by atoms with Gasteiger partial charge in [0.2, 0.25) is 0 Å². The van der Waals surface area contributed by atoms with Gasteiger partial charge in [0, 0.05) is 11.0 Å². The van der Waals surface area contributed by atoms with Gasteiger partial charge in [-0.25, -0.2) is 10.4 Å². The van der Waals surface area contributed by atoms with Crippen molar-refractivity contribution in [1.82, 2.24) is 10.4 Å². The summed E-state index contributed by atoms with van der Waals surface area (Å²) in [5.41, 5.74) is 6.22. The number of hydrazine groups is 1. The number of aromatic hydroxyl groups is 1. The van der Waals surface area contributed by atoms with Gasteiger partial charge in [-0.15, -0.1) is 0 Å². The molecule has 1 saturated heterocycles. The molecule has 4 aromatic rings. The van der Waals surface area contributed by atoms with Gasteiger partial charge in [-0.1, -0.05) is 60.7 Å². The molecule has 3 N–H and O–H groups in total. The first kappa shape index (κ1) is 19.8. The van der Waals surface area contributed by atoms with Crippen molar-refractivity contribution in [2.45, 2.75) is 13.0 Å². The molecule has 1 amide bonds. The van der Waals surface area contributed by atoms with Crippen molar-refractivity contribution in [3.05, 3.63) is 111 Å². The van der Waals surface area contributed by atoms with Crippen molar-refractivity contribution < 1.29 is 9.90 Å². The molecular weight excluding hydrogens is 402 g/mol. The minimum atomic E-state index is -0.476. The van der Waals surface area contributed by atoms with E-state index in [0.717, 1.165) is 11.1 Å². The highest BCUT2D eigenvalue weighted by Crippen LogP contribution is 2.35. The molecule has 6 heteroatoms. The van der Waals surface area contributed by atoms with Crippen molar-refractivity contribution in [3.8, 4) is 5.75 Å². The fourth-order valence-electron chi connectivity index (χ4n) is 4.08. The normalized spacial score (nSPS) is 17.4. The fraction of sp³-hybridized carbons (Fsp3) is 0.0769. The van der Waals surface area contributed by atoms with Crippen LogP contribution in [0.3, 0.4) is 0 Å². The summed E-state index contributed by atoms with van der Waals surface area (Å²) in [5, 5.41) is 12.9. The monoisotopic (exact) mass is 423 g/mol. The van der Waals surface area contributed by atoms with Gasteiger partial charge in [-0.2, -0.15) is 0 Å². The van der Waals surface area contributed by atoms with Gasteiger partial charge >= 0.3 is 0 Å². The number of aromatic nitrogens is 1. The van der Waals surface area contributed by atoms with Crippen LogP contribution >= 0.6 is 0 Å². The molecule has 1 aliphatic heterocycles. The Morgan fingerprint density at radius 3 is 2.31 bits per heavy atom. The number of H-pyrrole nitrogens is 1. The lowest BCUT2D eigenvalue weighted by Gasteiger charge is -2.17. The van der Waals surface area contributed by atoms with Crippen LogP contribution in [0.5, 0.6) is 5.75 Å². The summed E-state index contributed by atoms with van der Waals surface area (Å²) in [6.45, 7) is 1.86. The zero-order valence-electron chi connectivity index (χ0n) is 17.4. The summed E-state index contributed by atoms with van der Waals surface area (Å²) in [5.74, 6) is -0.425. The zero-order chi connectivity index (χ0) is 22.2. The van der Waals surface area contributed by atoms with Gasteiger partial charge in [-0.3, -0.25) is 9.59 Å². The molecule has 0 spiro atoms. The van der Waals surface area contributed by atoms with E-state index in [1.165, 1.54) is 11.1 Å². The minimum Gasteiger partial charge on any atom is -0.506 e. The van der Waals surface area contributed by atoms with E-state index >= 15 is 0 Å². The van der Waals surface area contributed by atoms with Crippen molar-refractivity contribution in [1.29, 1.82) is 0 Å². The Bertz CT molecular complexity index is 1410. The smallest absolute Gasteiger partial charge is 0.270 e. The molecule has 0 saturated carbocycles. The van der Waals surface area contributed by atoms with Crippen LogP contribution in [0.4, 0.5) is 5.69 Å². The molecule has 1 aromatic heterocycles. The number of hydrogen-bond donors (Lipinski definition) is 3. The number of hydrogen-bond acceptors (Lipinski definition) is 4. The Balaban J connectivity index is 1.69. The lowest BCUT2D eigenvalue weighted by atomic mass is 9.97. The van der Waals surface area contributed by atoms with Crippen LogP contribution in [-0.4, -0.2) is 16.0 Å². The highest BCUT2D eigenvalue weighted by molar-refractivity contribution is 6.11. The van der Waals surface area contributed by atoms with Crippen LogP contribution in [-0.2, 0) is 4.79 Å². The Hall–Kier alpha value is -4.16. The molecule has 1 atom stereocenters. The maximum Gasteiger partial charge on any atom is 0.270 e. The second kappa shape index (κ2) is 7.83. The summed E-state index contributed by atoms with van der Waals surface area (Å²) in [7, 11) is 0. The highest BCUT2D eigenvalue weighted by atomic mass is 16.3. The first-order valence-corrected chi connectivity index (χ1v) is 10.3. The quantitative estimate of drug-likeness (QED) is 0.431. The molecule has 2 heterocycles. The first-order chi connectivity index (χ1) is 15.5. The second-order valence-corrected chi connectivity index (χ2v) is 7.76. The van der Waals surface area contributed by atoms with Gasteiger partial charge < -0.3 is 10.1 Å². The third kappa shape index (κ3) is 3.27. The number of anilines is 1. The SMILES string of the molecule is Cc1cccc2c(O)c(C=C3C(=O)N(c4ccccc4)N[C@@H]3c3ccccc3)c(=O)[nH]c12. The Morgan fingerprint density at radius 1 is 0.906 bits per heavy atom. The van der Waals surface area contributed by atoms with Crippen LogP contribution in [0.2, 0.25) is 0 Å². The molecule has 32 heavy (non-hydrogen) atoms. The van der Waals surface area contributed by atoms with E-state index in [2.05, 4.69) is 10.4 Å². The Morgan fingerprint density at radius 2 is 1.59 bits per heavy atom. The van der Waals surface area contributed by atoms with Crippen LogP contribution in [0.1, 0.15) is 22.7 Å². The number of nitrogens with zero attached hydrogens (tertiary/aromatic N) is 1. The van der Waals surface area contributed by atoms with Crippen molar-refractivity contribution in [2.24, 2.45) is 0 Å². The number of aryl methyl sites for hydroxylation is 1. The van der Waals surface area contributed by atoms with E-state index in [-0.39, 0.29) is 17.2 Å². The fourth-order valence-corrected chi connectivity index (χ4v) is 4.08. The second-order valence-electron chi connectivity index (χ2n) is 7.76. The molecule has 5 rings (SSSR count). The van der Waals surface area contributed by atoms with Gasteiger partial charge in [0.05, 0.1) is 22.8 Å². The number of amides is 1. The lowest BCUT2D eigenvalue weighted by Crippen LogP contribution is -2.35. The molecule has 0 aliphatic carbocycles. The van der Waals surface area contributed by atoms with Crippen LogP contribution in [0, 0.1) is 6.92 Å². The molecule has 1 aliphatic rings. The summed E-state index contributed by atoms with van der Waals surface area (Å²) in [6.07, 6.45) is 1.49. The van der Waals surface area contributed by atoms with E-state index < -0.39 is 11.6 Å². The number of pyridine rings is 1. The number of benzene rings is 3.